The molecule has 0 bridgehead atoms. The average molecular weight is 709 g/mol. The molecule has 6 aromatic heterocycles. The van der Waals surface area contributed by atoms with Crippen molar-refractivity contribution in [2.45, 2.75) is 0 Å². The van der Waals surface area contributed by atoms with Crippen molar-refractivity contribution < 1.29 is 50.6 Å². The van der Waals surface area contributed by atoms with Crippen molar-refractivity contribution in [2.24, 2.45) is 28.2 Å². The monoisotopic (exact) mass is 708 g/mol. The topological polar surface area (TPSA) is 415 Å². The molecule has 6 aromatic rings. The highest BCUT2D eigenvalue weighted by Crippen LogP contribution is 2.00. The molecule has 0 aromatic carbocycles. The zero-order valence-electron chi connectivity index (χ0n) is 25.9. The minimum Gasteiger partial charge on any atom is -0.477 e. The first-order valence-electron chi connectivity index (χ1n) is 12.7. The van der Waals surface area contributed by atoms with Crippen LogP contribution < -0.4 is 22.5 Å². The maximum Gasteiger partial charge on any atom is 0.356 e. The van der Waals surface area contributed by atoms with Crippen LogP contribution in [0.5, 0.6) is 0 Å². The number of rotatable bonds is 4. The van der Waals surface area contributed by atoms with E-state index in [4.69, 9.17) is 20.4 Å². The van der Waals surface area contributed by atoms with Gasteiger partial charge >= 0.3 is 35.3 Å². The Balaban J connectivity index is 0.000000330. The fourth-order valence-corrected chi connectivity index (χ4v) is 3.62. The first-order chi connectivity index (χ1) is 22.5. The number of hydrogen-bond donors (Lipinski definition) is 8. The summed E-state index contributed by atoms with van der Waals surface area (Å²) >= 11 is 0. The molecule has 0 saturated carbocycles. The summed E-state index contributed by atoms with van der Waals surface area (Å²) < 4.78 is 4.74. The molecule has 0 fully saturated rings. The molecule has 0 saturated heterocycles. The van der Waals surface area contributed by atoms with Gasteiger partial charge in [0, 0.05) is 40.3 Å². The molecule has 6 rings (SSSR count). The van der Waals surface area contributed by atoms with Gasteiger partial charge in [-0.05, 0) is 0 Å². The maximum atomic E-state index is 11.4. The molecule has 268 valence electrons. The molecule has 0 unspecified atom stereocenters. The Hall–Kier alpha value is -7.48. The van der Waals surface area contributed by atoms with Crippen LogP contribution in [0.15, 0.2) is 44.0 Å². The van der Waals surface area contributed by atoms with Crippen molar-refractivity contribution in [3.8, 4) is 0 Å². The lowest BCUT2D eigenvalue weighted by Crippen LogP contribution is -2.36. The van der Waals surface area contributed by atoms with Crippen molar-refractivity contribution in [3.63, 3.8) is 0 Å². The normalized spacial score (nSPS) is 9.84. The maximum absolute atomic E-state index is 11.4. The van der Waals surface area contributed by atoms with E-state index in [9.17, 15) is 38.4 Å². The van der Waals surface area contributed by atoms with E-state index in [1.54, 1.807) is 14.1 Å². The number of fused-ring (bicyclic) bond motifs is 2. The van der Waals surface area contributed by atoms with E-state index in [1.165, 1.54) is 35.9 Å². The number of carboxylic acid groups (broad SMARTS) is 4. The van der Waals surface area contributed by atoms with Crippen molar-refractivity contribution >= 4 is 46.2 Å². The Morgan fingerprint density at radius 2 is 0.880 bits per heavy atom. The molecule has 0 aliphatic heterocycles. The van der Waals surface area contributed by atoms with Crippen LogP contribution >= 0.6 is 0 Å². The highest BCUT2D eigenvalue weighted by atomic mass is 16.4. The van der Waals surface area contributed by atoms with Crippen LogP contribution in [0.2, 0.25) is 0 Å². The molecular weight excluding hydrogens is 680 g/mol. The zero-order valence-corrected chi connectivity index (χ0v) is 25.9. The lowest BCUT2D eigenvalue weighted by molar-refractivity contribution is 0.0676. The van der Waals surface area contributed by atoms with E-state index in [0.717, 1.165) is 21.3 Å². The molecule has 26 nitrogen and oxygen atoms in total. The molecule has 26 heteroatoms. The second-order valence-corrected chi connectivity index (χ2v) is 9.17. The van der Waals surface area contributed by atoms with Crippen molar-refractivity contribution in [1.29, 1.82) is 0 Å². The molecule has 0 aliphatic carbocycles. The summed E-state index contributed by atoms with van der Waals surface area (Å²) in [5.74, 6) is -4.97. The molecule has 6 heterocycles. The van der Waals surface area contributed by atoms with Gasteiger partial charge in [0.1, 0.15) is 22.4 Å². The van der Waals surface area contributed by atoms with Crippen LogP contribution in [0.1, 0.15) is 42.0 Å². The van der Waals surface area contributed by atoms with Gasteiger partial charge in [-0.2, -0.15) is 10.2 Å². The highest BCUT2D eigenvalue weighted by molar-refractivity contribution is 5.91. The fourth-order valence-electron chi connectivity index (χ4n) is 3.62. The van der Waals surface area contributed by atoms with Gasteiger partial charge in [0.05, 0.1) is 12.7 Å². The Morgan fingerprint density at radius 1 is 0.560 bits per heavy atom. The average Bonchev–Trinajstić information content (AvgIpc) is 3.87. The number of nitrogens with one attached hydrogen (secondary N) is 4. The van der Waals surface area contributed by atoms with E-state index in [-0.39, 0.29) is 56.2 Å². The standard InChI is InChI=1S/2C7H8N4O2.2C5H4N2O4.2H2O/c2*1-10-5-4(8-3-9-5)6(12)11(2)7(10)13;2*8-4(9)2-1-3(5(10)11)7-6-2;;/h2*3H,1-2H3,(H,8,9);2*1H,(H,6,7)(H,8,9)(H,10,11);2*1H2. The van der Waals surface area contributed by atoms with Crippen LogP contribution in [0.4, 0.5) is 0 Å². The number of carbonyl (C=O) groups is 4. The first-order valence-corrected chi connectivity index (χ1v) is 12.7. The van der Waals surface area contributed by atoms with Gasteiger partial charge in [-0.3, -0.25) is 38.1 Å². The quantitative estimate of drug-likeness (QED) is 0.0862. The van der Waals surface area contributed by atoms with Crippen LogP contribution in [-0.2, 0) is 28.2 Å². The molecular formula is C24H28N12O14. The third kappa shape index (κ3) is 8.45. The molecule has 0 aliphatic rings. The van der Waals surface area contributed by atoms with Crippen molar-refractivity contribution in [2.75, 3.05) is 0 Å². The third-order valence-corrected chi connectivity index (χ3v) is 6.11. The minimum absolute atomic E-state index is 0. The number of imidazole rings is 2. The third-order valence-electron chi connectivity index (χ3n) is 6.11. The van der Waals surface area contributed by atoms with Gasteiger partial charge in [0.15, 0.2) is 22.7 Å². The largest absolute Gasteiger partial charge is 0.477 e. The minimum atomic E-state index is -1.26. The van der Waals surface area contributed by atoms with Crippen LogP contribution in [0.3, 0.4) is 0 Å². The zero-order chi connectivity index (χ0) is 36.0. The van der Waals surface area contributed by atoms with Crippen LogP contribution in [0, 0.1) is 0 Å². The van der Waals surface area contributed by atoms with E-state index in [0.29, 0.717) is 22.3 Å². The fraction of sp³-hybridized carbons (Fsp3) is 0.167. The second-order valence-electron chi connectivity index (χ2n) is 9.17. The van der Waals surface area contributed by atoms with Gasteiger partial charge in [-0.1, -0.05) is 0 Å². The number of aryl methyl sites for hydroxylation is 2. The molecule has 0 radical (unpaired) electrons. The predicted octanol–water partition coefficient (Wildman–Crippen LogP) is -4.12. The molecule has 0 atom stereocenters. The second kappa shape index (κ2) is 16.4. The van der Waals surface area contributed by atoms with E-state index < -0.39 is 23.9 Å². The van der Waals surface area contributed by atoms with Gasteiger partial charge < -0.3 is 41.3 Å². The van der Waals surface area contributed by atoms with Gasteiger partial charge in [0.25, 0.3) is 11.1 Å². The number of hydrogen-bond acceptors (Lipinski definition) is 12. The Labute approximate surface area is 273 Å². The van der Waals surface area contributed by atoms with Crippen molar-refractivity contribution in [3.05, 3.63) is 89.2 Å². The van der Waals surface area contributed by atoms with E-state index in [2.05, 4.69) is 40.3 Å². The number of H-pyrrole nitrogens is 4. The summed E-state index contributed by atoms with van der Waals surface area (Å²) in [5.41, 5.74) is -1.05. The van der Waals surface area contributed by atoms with Gasteiger partial charge in [-0.15, -0.1) is 0 Å². The molecule has 0 amide bonds. The summed E-state index contributed by atoms with van der Waals surface area (Å²) in [5, 5.41) is 43.8. The van der Waals surface area contributed by atoms with E-state index in [1.807, 2.05) is 0 Å². The van der Waals surface area contributed by atoms with Gasteiger partial charge in [0.2, 0.25) is 0 Å². The highest BCUT2D eigenvalue weighted by Gasteiger charge is 2.13. The summed E-state index contributed by atoms with van der Waals surface area (Å²) in [4.78, 5) is 99.4. The van der Waals surface area contributed by atoms with Crippen molar-refractivity contribution in [1.82, 2.24) is 58.6 Å². The predicted molar refractivity (Wildman–Crippen MR) is 165 cm³/mol. The number of nitrogens with zero attached hydrogens (tertiary/aromatic N) is 8. The summed E-state index contributed by atoms with van der Waals surface area (Å²) in [6.45, 7) is 0. The smallest absolute Gasteiger partial charge is 0.356 e. The van der Waals surface area contributed by atoms with Crippen LogP contribution in [0.25, 0.3) is 22.3 Å². The van der Waals surface area contributed by atoms with Gasteiger partial charge in [-0.25, -0.2) is 38.7 Å². The summed E-state index contributed by atoms with van der Waals surface area (Å²) in [6.07, 6.45) is 2.79. The lowest BCUT2D eigenvalue weighted by Gasteiger charge is -2.00. The molecule has 12 N–H and O–H groups in total. The number of aromatic amines is 4. The summed E-state index contributed by atoms with van der Waals surface area (Å²) in [7, 11) is 6.02. The molecule has 50 heavy (non-hydrogen) atoms. The van der Waals surface area contributed by atoms with E-state index >= 15 is 0 Å². The number of carboxylic acids is 4. The Kier molecular flexibility index (Phi) is 13.3. The van der Waals surface area contributed by atoms with Crippen LogP contribution in [-0.4, -0.2) is 114 Å². The Morgan fingerprint density at radius 3 is 1.12 bits per heavy atom. The summed E-state index contributed by atoms with van der Waals surface area (Å²) in [6, 6.07) is 1.90. The lowest BCUT2D eigenvalue weighted by atomic mass is 10.3. The number of aromatic nitrogens is 12. The first kappa shape index (κ1) is 40.5. The molecule has 0 spiro atoms. The number of aromatic carboxylic acids is 4. The Bertz CT molecular complexity index is 2190. The SMILES string of the molecule is Cn1c(=O)c2[nH]cnc2n(C)c1=O.Cn1c(=O)c2[nH]cnc2n(C)c1=O.O.O.O=C(O)c1cc(C(=O)O)[nH]n1.O=C(O)c1cc(C(=O)O)[nH]n1.